The zero-order valence-corrected chi connectivity index (χ0v) is 16.5. The summed E-state index contributed by atoms with van der Waals surface area (Å²) in [7, 11) is 0. The molecule has 146 valence electrons. The monoisotopic (exact) mass is 399 g/mol. The Balaban J connectivity index is 1.56. The first-order valence-electron chi connectivity index (χ1n) is 9.05. The Morgan fingerprint density at radius 1 is 1.11 bits per heavy atom. The van der Waals surface area contributed by atoms with Crippen LogP contribution >= 0.6 is 11.6 Å². The number of benzene rings is 2. The van der Waals surface area contributed by atoms with Crippen molar-refractivity contribution in [3.8, 4) is 0 Å². The molecular weight excluding hydrogens is 378 g/mol. The number of hydrogen-bond acceptors (Lipinski definition) is 3. The summed E-state index contributed by atoms with van der Waals surface area (Å²) in [6.45, 7) is 3.92. The van der Waals surface area contributed by atoms with Crippen LogP contribution in [0.2, 0.25) is 5.02 Å². The Morgan fingerprint density at radius 2 is 1.79 bits per heavy atom. The first-order valence-corrected chi connectivity index (χ1v) is 9.43. The molecule has 1 atom stereocenters. The van der Waals surface area contributed by atoms with E-state index in [-0.39, 0.29) is 37.2 Å². The van der Waals surface area contributed by atoms with Gasteiger partial charge in [-0.1, -0.05) is 41.9 Å². The Labute approximate surface area is 168 Å². The van der Waals surface area contributed by atoms with Crippen molar-refractivity contribution in [2.24, 2.45) is 5.92 Å². The van der Waals surface area contributed by atoms with Crippen LogP contribution in [0.15, 0.2) is 42.5 Å². The number of carbonyl (C=O) groups is 3. The Hall–Kier alpha value is -2.86. The van der Waals surface area contributed by atoms with E-state index in [0.29, 0.717) is 10.7 Å². The minimum absolute atomic E-state index is 0.0928. The molecule has 2 N–H and O–H groups in total. The van der Waals surface area contributed by atoms with E-state index in [4.69, 9.17) is 11.6 Å². The third-order valence-electron chi connectivity index (χ3n) is 4.81. The smallest absolute Gasteiger partial charge is 0.243 e. The molecule has 1 heterocycles. The Bertz CT molecular complexity index is 909. The first-order chi connectivity index (χ1) is 13.4. The van der Waals surface area contributed by atoms with Gasteiger partial charge in [0, 0.05) is 18.7 Å². The van der Waals surface area contributed by atoms with Gasteiger partial charge in [-0.3, -0.25) is 14.4 Å². The van der Waals surface area contributed by atoms with Crippen molar-refractivity contribution < 1.29 is 14.4 Å². The van der Waals surface area contributed by atoms with Crippen LogP contribution in [-0.4, -0.2) is 30.8 Å². The highest BCUT2D eigenvalue weighted by Gasteiger charge is 2.35. The van der Waals surface area contributed by atoms with Crippen molar-refractivity contribution in [3.05, 3.63) is 58.6 Å². The van der Waals surface area contributed by atoms with Gasteiger partial charge in [-0.15, -0.1) is 0 Å². The van der Waals surface area contributed by atoms with E-state index in [1.54, 1.807) is 24.3 Å². The van der Waals surface area contributed by atoms with Gasteiger partial charge in [0.05, 0.1) is 23.2 Å². The van der Waals surface area contributed by atoms with E-state index < -0.39 is 5.92 Å². The molecule has 28 heavy (non-hydrogen) atoms. The predicted molar refractivity (Wildman–Crippen MR) is 109 cm³/mol. The van der Waals surface area contributed by atoms with Crippen molar-refractivity contribution in [1.82, 2.24) is 5.32 Å². The maximum atomic E-state index is 12.4. The van der Waals surface area contributed by atoms with Crippen molar-refractivity contribution in [2.75, 3.05) is 23.3 Å². The van der Waals surface area contributed by atoms with Gasteiger partial charge in [0.1, 0.15) is 0 Å². The largest absolute Gasteiger partial charge is 0.347 e. The van der Waals surface area contributed by atoms with Crippen LogP contribution in [0, 0.1) is 19.8 Å². The van der Waals surface area contributed by atoms with Crippen LogP contribution < -0.4 is 15.5 Å². The molecule has 1 aliphatic rings. The van der Waals surface area contributed by atoms with E-state index in [0.717, 1.165) is 16.8 Å². The van der Waals surface area contributed by atoms with Crippen molar-refractivity contribution in [2.45, 2.75) is 20.3 Å². The van der Waals surface area contributed by atoms with Crippen LogP contribution in [0.25, 0.3) is 0 Å². The van der Waals surface area contributed by atoms with Gasteiger partial charge in [-0.25, -0.2) is 0 Å². The maximum absolute atomic E-state index is 12.4. The molecule has 0 saturated carbocycles. The molecule has 0 aliphatic carbocycles. The maximum Gasteiger partial charge on any atom is 0.243 e. The molecule has 1 aliphatic heterocycles. The molecule has 0 unspecified atom stereocenters. The molecule has 3 amide bonds. The third kappa shape index (κ3) is 4.34. The van der Waals surface area contributed by atoms with Crippen molar-refractivity contribution in [1.29, 1.82) is 0 Å². The van der Waals surface area contributed by atoms with Gasteiger partial charge in [0.15, 0.2) is 0 Å². The Kier molecular flexibility index (Phi) is 5.99. The quantitative estimate of drug-likeness (QED) is 0.811. The lowest BCUT2D eigenvalue weighted by Crippen LogP contribution is -2.38. The number of amides is 3. The third-order valence-corrected chi connectivity index (χ3v) is 5.13. The Morgan fingerprint density at radius 3 is 2.46 bits per heavy atom. The van der Waals surface area contributed by atoms with Gasteiger partial charge >= 0.3 is 0 Å². The second-order valence-electron chi connectivity index (χ2n) is 6.89. The molecule has 1 fully saturated rings. The topological polar surface area (TPSA) is 78.5 Å². The van der Waals surface area contributed by atoms with Gasteiger partial charge in [0.2, 0.25) is 17.7 Å². The lowest BCUT2D eigenvalue weighted by Gasteiger charge is -2.18. The molecule has 2 aromatic carbocycles. The molecule has 3 rings (SSSR count). The number of rotatable bonds is 5. The molecule has 0 bridgehead atoms. The van der Waals surface area contributed by atoms with E-state index in [1.165, 1.54) is 4.90 Å². The van der Waals surface area contributed by atoms with E-state index in [1.807, 2.05) is 32.0 Å². The predicted octanol–water partition coefficient (Wildman–Crippen LogP) is 3.06. The summed E-state index contributed by atoms with van der Waals surface area (Å²) < 4.78 is 0. The fraction of sp³-hybridized carbons (Fsp3) is 0.286. The molecule has 6 nitrogen and oxygen atoms in total. The second-order valence-corrected chi connectivity index (χ2v) is 7.30. The highest BCUT2D eigenvalue weighted by molar-refractivity contribution is 6.33. The van der Waals surface area contributed by atoms with Crippen LogP contribution in [-0.2, 0) is 14.4 Å². The number of nitrogens with one attached hydrogen (secondary N) is 2. The fourth-order valence-corrected chi connectivity index (χ4v) is 3.53. The first kappa shape index (κ1) is 19.9. The number of aryl methyl sites for hydroxylation is 2. The molecule has 0 aromatic heterocycles. The van der Waals surface area contributed by atoms with Crippen LogP contribution in [0.1, 0.15) is 17.5 Å². The molecule has 0 spiro atoms. The van der Waals surface area contributed by atoms with Crippen molar-refractivity contribution in [3.63, 3.8) is 0 Å². The van der Waals surface area contributed by atoms with Gasteiger partial charge in [0.25, 0.3) is 0 Å². The molecule has 2 aromatic rings. The average molecular weight is 400 g/mol. The van der Waals surface area contributed by atoms with E-state index in [2.05, 4.69) is 10.6 Å². The van der Waals surface area contributed by atoms with Gasteiger partial charge < -0.3 is 15.5 Å². The molecule has 0 radical (unpaired) electrons. The summed E-state index contributed by atoms with van der Waals surface area (Å²) in [4.78, 5) is 38.5. The molecular formula is C21H22ClN3O3. The average Bonchev–Trinajstić information content (AvgIpc) is 3.05. The fourth-order valence-electron chi connectivity index (χ4n) is 3.29. The highest BCUT2D eigenvalue weighted by atomic mass is 35.5. The van der Waals surface area contributed by atoms with Gasteiger partial charge in [-0.05, 0) is 37.1 Å². The lowest BCUT2D eigenvalue weighted by atomic mass is 10.1. The van der Waals surface area contributed by atoms with Crippen LogP contribution in [0.4, 0.5) is 11.4 Å². The second kappa shape index (κ2) is 8.44. The summed E-state index contributed by atoms with van der Waals surface area (Å²) in [6.07, 6.45) is 0.0928. The van der Waals surface area contributed by atoms with Gasteiger partial charge in [-0.2, -0.15) is 0 Å². The number of anilines is 2. The lowest BCUT2D eigenvalue weighted by molar-refractivity contribution is -0.127. The van der Waals surface area contributed by atoms with E-state index in [9.17, 15) is 14.4 Å². The van der Waals surface area contributed by atoms with E-state index >= 15 is 0 Å². The number of para-hydroxylation sites is 2. The molecule has 7 heteroatoms. The minimum atomic E-state index is -0.517. The summed E-state index contributed by atoms with van der Waals surface area (Å²) in [6, 6.07) is 12.8. The zero-order valence-electron chi connectivity index (χ0n) is 15.8. The molecule has 1 saturated heterocycles. The van der Waals surface area contributed by atoms with Crippen molar-refractivity contribution >= 4 is 40.7 Å². The standard InChI is InChI=1S/C21H22ClN3O3/c1-13-6-5-7-14(2)20(13)24-18(26)11-23-21(28)15-10-19(27)25(12-15)17-9-4-3-8-16(17)22/h3-9,15H,10-12H2,1-2H3,(H,23,28)(H,24,26)/t15-/m1/s1. The normalized spacial score (nSPS) is 16.2. The summed E-state index contributed by atoms with van der Waals surface area (Å²) >= 11 is 6.15. The number of nitrogens with zero attached hydrogens (tertiary/aromatic N) is 1. The van der Waals surface area contributed by atoms with Crippen LogP contribution in [0.5, 0.6) is 0 Å². The number of halogens is 1. The zero-order chi connectivity index (χ0) is 20.3. The number of hydrogen-bond donors (Lipinski definition) is 2. The SMILES string of the molecule is Cc1cccc(C)c1NC(=O)CNC(=O)[C@@H]1CC(=O)N(c2ccccc2Cl)C1. The summed E-state index contributed by atoms with van der Waals surface area (Å²) in [5.74, 6) is -1.30. The summed E-state index contributed by atoms with van der Waals surface area (Å²) in [5.41, 5.74) is 3.26. The van der Waals surface area contributed by atoms with Crippen LogP contribution in [0.3, 0.4) is 0 Å². The minimum Gasteiger partial charge on any atom is -0.347 e. The summed E-state index contributed by atoms with van der Waals surface area (Å²) in [5, 5.41) is 5.92. The number of carbonyl (C=O) groups excluding carboxylic acids is 3. The highest BCUT2D eigenvalue weighted by Crippen LogP contribution is 2.31.